The zero-order valence-electron chi connectivity index (χ0n) is 18.3. The summed E-state index contributed by atoms with van der Waals surface area (Å²) in [6.07, 6.45) is 1.92. The maximum Gasteiger partial charge on any atom is 0.255 e. The molecule has 0 unspecified atom stereocenters. The Kier molecular flexibility index (Phi) is 5.22. The van der Waals surface area contributed by atoms with Gasteiger partial charge >= 0.3 is 0 Å². The molecule has 0 spiro atoms. The van der Waals surface area contributed by atoms with Gasteiger partial charge < -0.3 is 24.7 Å². The second-order valence-corrected chi connectivity index (χ2v) is 7.83. The number of hydrogen-bond donors (Lipinski definition) is 2. The van der Waals surface area contributed by atoms with E-state index in [2.05, 4.69) is 10.3 Å². The number of amides is 2. The number of H-pyrrole nitrogens is 1. The molecule has 1 atom stereocenters. The van der Waals surface area contributed by atoms with Crippen LogP contribution in [0.25, 0.3) is 10.9 Å². The SMILES string of the molecule is COc1ccc(NC(=O)CN2C(=O)c3ccccc3[C@H]2c2c[nH]c3ccccc23)c(OC)c1. The minimum Gasteiger partial charge on any atom is -0.497 e. The molecule has 4 aromatic rings. The van der Waals surface area contributed by atoms with Gasteiger partial charge in [-0.1, -0.05) is 36.4 Å². The molecular formula is C26H23N3O4. The molecule has 1 aromatic heterocycles. The Hall–Kier alpha value is -4.26. The van der Waals surface area contributed by atoms with E-state index in [-0.39, 0.29) is 24.4 Å². The number of carbonyl (C=O) groups is 2. The Morgan fingerprint density at radius 2 is 1.79 bits per heavy atom. The Labute approximate surface area is 190 Å². The van der Waals surface area contributed by atoms with Crippen LogP contribution in [0, 0.1) is 0 Å². The largest absolute Gasteiger partial charge is 0.497 e. The summed E-state index contributed by atoms with van der Waals surface area (Å²) in [4.78, 5) is 31.3. The van der Waals surface area contributed by atoms with Crippen molar-refractivity contribution in [1.29, 1.82) is 0 Å². The summed E-state index contributed by atoms with van der Waals surface area (Å²) in [5, 5.41) is 3.89. The van der Waals surface area contributed by atoms with Crippen molar-refractivity contribution in [2.24, 2.45) is 0 Å². The molecule has 0 bridgehead atoms. The van der Waals surface area contributed by atoms with E-state index >= 15 is 0 Å². The monoisotopic (exact) mass is 441 g/mol. The zero-order valence-corrected chi connectivity index (χ0v) is 18.3. The summed E-state index contributed by atoms with van der Waals surface area (Å²) in [5.74, 6) is 0.614. The number of carbonyl (C=O) groups excluding carboxylic acids is 2. The van der Waals surface area contributed by atoms with Gasteiger partial charge in [-0.15, -0.1) is 0 Å². The van der Waals surface area contributed by atoms with Gasteiger partial charge in [0.05, 0.1) is 25.9 Å². The molecule has 0 saturated heterocycles. The van der Waals surface area contributed by atoms with Gasteiger partial charge in [0.2, 0.25) is 5.91 Å². The van der Waals surface area contributed by atoms with Crippen LogP contribution in [0.15, 0.2) is 72.9 Å². The number of ether oxygens (including phenoxy) is 2. The molecule has 0 saturated carbocycles. The lowest BCUT2D eigenvalue weighted by Crippen LogP contribution is -2.36. The third-order valence-electron chi connectivity index (χ3n) is 5.97. The summed E-state index contributed by atoms with van der Waals surface area (Å²) < 4.78 is 10.6. The van der Waals surface area contributed by atoms with Crippen LogP contribution in [0.4, 0.5) is 5.69 Å². The lowest BCUT2D eigenvalue weighted by atomic mass is 9.97. The molecule has 2 heterocycles. The fraction of sp³-hybridized carbons (Fsp3) is 0.154. The van der Waals surface area contributed by atoms with Crippen molar-refractivity contribution in [2.45, 2.75) is 6.04 Å². The molecule has 166 valence electrons. The quantitative estimate of drug-likeness (QED) is 0.465. The highest BCUT2D eigenvalue weighted by molar-refractivity contribution is 6.04. The van der Waals surface area contributed by atoms with Gasteiger partial charge in [0.15, 0.2) is 0 Å². The Morgan fingerprint density at radius 3 is 2.61 bits per heavy atom. The van der Waals surface area contributed by atoms with Crippen molar-refractivity contribution in [2.75, 3.05) is 26.1 Å². The topological polar surface area (TPSA) is 83.7 Å². The standard InChI is InChI=1S/C26H23N3O4/c1-32-16-11-12-22(23(13-16)33-2)28-24(30)15-29-25(18-8-3-4-9-19(18)26(29)31)20-14-27-21-10-6-5-7-17(20)21/h3-14,25,27H,15H2,1-2H3,(H,28,30)/t25-/m0/s1. The number of aromatic nitrogens is 1. The average Bonchev–Trinajstić information content (AvgIpc) is 3.38. The predicted octanol–water partition coefficient (Wildman–Crippen LogP) is 4.37. The third-order valence-corrected chi connectivity index (χ3v) is 5.97. The van der Waals surface area contributed by atoms with Crippen molar-refractivity contribution >= 4 is 28.4 Å². The van der Waals surface area contributed by atoms with E-state index in [1.165, 1.54) is 7.11 Å². The van der Waals surface area contributed by atoms with E-state index in [4.69, 9.17) is 9.47 Å². The van der Waals surface area contributed by atoms with Crippen LogP contribution in [0.1, 0.15) is 27.5 Å². The molecule has 33 heavy (non-hydrogen) atoms. The van der Waals surface area contributed by atoms with Crippen molar-refractivity contribution < 1.29 is 19.1 Å². The lowest BCUT2D eigenvalue weighted by molar-refractivity contribution is -0.117. The van der Waals surface area contributed by atoms with Crippen LogP contribution >= 0.6 is 0 Å². The highest BCUT2D eigenvalue weighted by Crippen LogP contribution is 2.41. The van der Waals surface area contributed by atoms with Gasteiger partial charge in [0.1, 0.15) is 18.0 Å². The summed E-state index contributed by atoms with van der Waals surface area (Å²) >= 11 is 0. The van der Waals surface area contributed by atoms with Gasteiger partial charge in [-0.05, 0) is 29.8 Å². The van der Waals surface area contributed by atoms with Gasteiger partial charge in [-0.2, -0.15) is 0 Å². The maximum atomic E-state index is 13.3. The summed E-state index contributed by atoms with van der Waals surface area (Å²) in [7, 11) is 3.09. The van der Waals surface area contributed by atoms with E-state index in [9.17, 15) is 9.59 Å². The van der Waals surface area contributed by atoms with Crippen molar-refractivity contribution in [1.82, 2.24) is 9.88 Å². The molecule has 3 aromatic carbocycles. The van der Waals surface area contributed by atoms with Crippen LogP contribution in [-0.2, 0) is 4.79 Å². The van der Waals surface area contributed by atoms with Gasteiger partial charge in [0, 0.05) is 34.3 Å². The highest BCUT2D eigenvalue weighted by Gasteiger charge is 2.39. The lowest BCUT2D eigenvalue weighted by Gasteiger charge is -2.25. The third kappa shape index (κ3) is 3.57. The smallest absolute Gasteiger partial charge is 0.255 e. The number of benzene rings is 3. The van der Waals surface area contributed by atoms with E-state index < -0.39 is 0 Å². The number of nitrogens with one attached hydrogen (secondary N) is 2. The predicted molar refractivity (Wildman–Crippen MR) is 126 cm³/mol. The summed E-state index contributed by atoms with van der Waals surface area (Å²) in [5.41, 5.74) is 3.95. The van der Waals surface area contributed by atoms with E-state index in [0.717, 1.165) is 22.0 Å². The Bertz CT molecular complexity index is 1360. The van der Waals surface area contributed by atoms with Crippen molar-refractivity contribution in [3.8, 4) is 11.5 Å². The number of aromatic amines is 1. The molecule has 2 amide bonds. The average molecular weight is 441 g/mol. The molecule has 0 aliphatic carbocycles. The number of para-hydroxylation sites is 1. The minimum absolute atomic E-state index is 0.104. The second-order valence-electron chi connectivity index (χ2n) is 7.83. The first-order chi connectivity index (χ1) is 16.1. The van der Waals surface area contributed by atoms with Crippen LogP contribution in [0.2, 0.25) is 0 Å². The van der Waals surface area contributed by atoms with E-state index in [1.54, 1.807) is 30.2 Å². The van der Waals surface area contributed by atoms with Crippen LogP contribution in [0.3, 0.4) is 0 Å². The van der Waals surface area contributed by atoms with Crippen LogP contribution in [-0.4, -0.2) is 42.5 Å². The summed E-state index contributed by atoms with van der Waals surface area (Å²) in [6.45, 7) is -0.104. The molecule has 0 fully saturated rings. The first-order valence-electron chi connectivity index (χ1n) is 10.6. The normalized spacial score (nSPS) is 14.9. The summed E-state index contributed by atoms with van der Waals surface area (Å²) in [6, 6.07) is 20.2. The Balaban J connectivity index is 1.48. The molecule has 1 aliphatic rings. The van der Waals surface area contributed by atoms with Crippen LogP contribution < -0.4 is 14.8 Å². The Morgan fingerprint density at radius 1 is 1.00 bits per heavy atom. The molecule has 5 rings (SSSR count). The number of rotatable bonds is 6. The van der Waals surface area contributed by atoms with Gasteiger partial charge in [0.25, 0.3) is 5.91 Å². The zero-order chi connectivity index (χ0) is 22.9. The molecular weight excluding hydrogens is 418 g/mol. The molecule has 7 nitrogen and oxygen atoms in total. The maximum absolute atomic E-state index is 13.3. The number of hydrogen-bond acceptors (Lipinski definition) is 4. The molecule has 7 heteroatoms. The number of methoxy groups -OCH3 is 2. The number of anilines is 1. The highest BCUT2D eigenvalue weighted by atomic mass is 16.5. The first-order valence-corrected chi connectivity index (χ1v) is 10.6. The fourth-order valence-corrected chi connectivity index (χ4v) is 4.44. The molecule has 0 radical (unpaired) electrons. The molecule has 1 aliphatic heterocycles. The first kappa shape index (κ1) is 20.6. The van der Waals surface area contributed by atoms with Crippen molar-refractivity contribution in [3.05, 3.63) is 89.6 Å². The van der Waals surface area contributed by atoms with Gasteiger partial charge in [-0.25, -0.2) is 0 Å². The van der Waals surface area contributed by atoms with E-state index in [0.29, 0.717) is 22.7 Å². The van der Waals surface area contributed by atoms with Gasteiger partial charge in [-0.3, -0.25) is 9.59 Å². The number of nitrogens with zero attached hydrogens (tertiary/aromatic N) is 1. The fourth-order valence-electron chi connectivity index (χ4n) is 4.44. The number of fused-ring (bicyclic) bond motifs is 2. The van der Waals surface area contributed by atoms with E-state index in [1.807, 2.05) is 54.7 Å². The molecule has 2 N–H and O–H groups in total. The van der Waals surface area contributed by atoms with Crippen LogP contribution in [0.5, 0.6) is 11.5 Å². The minimum atomic E-state index is -0.367. The second kappa shape index (κ2) is 8.35. The van der Waals surface area contributed by atoms with Crippen molar-refractivity contribution in [3.63, 3.8) is 0 Å².